The lowest BCUT2D eigenvalue weighted by atomic mass is 9.60. The number of pyridine rings is 1. The fraction of sp³-hybridized carbons (Fsp3) is 0.421. The molecule has 1 aliphatic carbocycles. The van der Waals surface area contributed by atoms with Crippen LogP contribution in [0.4, 0.5) is 0 Å². The van der Waals surface area contributed by atoms with Gasteiger partial charge in [0, 0.05) is 31.5 Å². The molecule has 0 atom stereocenters. The highest BCUT2D eigenvalue weighted by molar-refractivity contribution is 7.12. The van der Waals surface area contributed by atoms with Crippen molar-refractivity contribution >= 4 is 23.2 Å². The highest BCUT2D eigenvalue weighted by atomic mass is 32.1. The minimum Gasteiger partial charge on any atom is -0.349 e. The summed E-state index contributed by atoms with van der Waals surface area (Å²) in [4.78, 5) is 31.4. The number of amides is 2. The Labute approximate surface area is 151 Å². The van der Waals surface area contributed by atoms with E-state index < -0.39 is 0 Å². The largest absolute Gasteiger partial charge is 0.349 e. The molecule has 0 aromatic carbocycles. The summed E-state index contributed by atoms with van der Waals surface area (Å²) in [5, 5.41) is 5.05. The van der Waals surface area contributed by atoms with Crippen LogP contribution in [0, 0.1) is 5.41 Å². The minimum atomic E-state index is -0.0433. The van der Waals surface area contributed by atoms with E-state index in [-0.39, 0.29) is 17.9 Å². The molecular weight excluding hydrogens is 334 g/mol. The first-order chi connectivity index (χ1) is 12.2. The third-order valence-corrected chi connectivity index (χ3v) is 6.32. The number of aromatic nitrogens is 1. The van der Waals surface area contributed by atoms with E-state index in [0.717, 1.165) is 43.6 Å². The van der Waals surface area contributed by atoms with Gasteiger partial charge in [-0.15, -0.1) is 11.3 Å². The van der Waals surface area contributed by atoms with Crippen molar-refractivity contribution in [3.05, 3.63) is 52.5 Å². The molecular formula is C19H21N3O2S. The molecule has 0 bridgehead atoms. The summed E-state index contributed by atoms with van der Waals surface area (Å²) in [7, 11) is 0. The number of hydrogen-bond donors (Lipinski definition) is 1. The van der Waals surface area contributed by atoms with E-state index in [0.29, 0.717) is 11.0 Å². The predicted molar refractivity (Wildman–Crippen MR) is 96.6 cm³/mol. The summed E-state index contributed by atoms with van der Waals surface area (Å²) in [6.45, 7) is 1.64. The van der Waals surface area contributed by atoms with Crippen LogP contribution in [0.3, 0.4) is 0 Å². The number of piperidine rings is 1. The maximum atomic E-state index is 12.4. The Kier molecular flexibility index (Phi) is 4.29. The van der Waals surface area contributed by atoms with E-state index in [1.165, 1.54) is 11.3 Å². The molecule has 130 valence electrons. The highest BCUT2D eigenvalue weighted by Gasteiger charge is 2.46. The number of likely N-dealkylation sites (tertiary alicyclic amines) is 1. The van der Waals surface area contributed by atoms with E-state index in [1.54, 1.807) is 24.5 Å². The molecule has 1 aliphatic heterocycles. The Hall–Kier alpha value is -2.21. The van der Waals surface area contributed by atoms with Crippen molar-refractivity contribution in [3.63, 3.8) is 0 Å². The van der Waals surface area contributed by atoms with Gasteiger partial charge in [-0.25, -0.2) is 0 Å². The SMILES string of the molecule is O=C(NC1CC2(CCN(C(=O)c3cccs3)CC2)C1)c1cccnc1. The Bertz CT molecular complexity index is 744. The van der Waals surface area contributed by atoms with E-state index in [1.807, 2.05) is 22.4 Å². The second-order valence-corrected chi connectivity index (χ2v) is 8.04. The van der Waals surface area contributed by atoms with E-state index >= 15 is 0 Å². The van der Waals surface area contributed by atoms with Crippen molar-refractivity contribution in [2.75, 3.05) is 13.1 Å². The molecule has 1 saturated heterocycles. The lowest BCUT2D eigenvalue weighted by Gasteiger charge is -2.52. The molecule has 4 rings (SSSR count). The number of nitrogens with one attached hydrogen (secondary N) is 1. The van der Waals surface area contributed by atoms with Gasteiger partial charge in [0.2, 0.25) is 0 Å². The van der Waals surface area contributed by atoms with Crippen molar-refractivity contribution in [1.29, 1.82) is 0 Å². The van der Waals surface area contributed by atoms with Gasteiger partial charge in [0.15, 0.2) is 0 Å². The molecule has 0 radical (unpaired) electrons. The fourth-order valence-corrected chi connectivity index (χ4v) is 4.69. The van der Waals surface area contributed by atoms with Crippen molar-refractivity contribution in [2.24, 2.45) is 5.41 Å². The van der Waals surface area contributed by atoms with Crippen molar-refractivity contribution < 1.29 is 9.59 Å². The fourth-order valence-electron chi connectivity index (χ4n) is 4.00. The maximum absolute atomic E-state index is 12.4. The van der Waals surface area contributed by atoms with Gasteiger partial charge in [-0.1, -0.05) is 6.07 Å². The first kappa shape index (κ1) is 16.3. The van der Waals surface area contributed by atoms with Crippen LogP contribution >= 0.6 is 11.3 Å². The van der Waals surface area contributed by atoms with Crippen LogP contribution in [0.1, 0.15) is 45.7 Å². The average Bonchev–Trinajstić information content (AvgIpc) is 3.16. The van der Waals surface area contributed by atoms with Gasteiger partial charge in [0.25, 0.3) is 11.8 Å². The molecule has 2 amide bonds. The molecule has 6 heteroatoms. The van der Waals surface area contributed by atoms with Crippen molar-refractivity contribution in [2.45, 2.75) is 31.7 Å². The molecule has 1 N–H and O–H groups in total. The molecule has 0 unspecified atom stereocenters. The van der Waals surface area contributed by atoms with Crippen LogP contribution in [0.25, 0.3) is 0 Å². The lowest BCUT2D eigenvalue weighted by molar-refractivity contribution is 0.00881. The van der Waals surface area contributed by atoms with E-state index in [4.69, 9.17) is 0 Å². The summed E-state index contributed by atoms with van der Waals surface area (Å²) in [5.41, 5.74) is 0.916. The normalized spacial score (nSPS) is 19.4. The number of nitrogens with zero attached hydrogens (tertiary/aromatic N) is 2. The summed E-state index contributed by atoms with van der Waals surface area (Å²) in [6.07, 6.45) is 7.35. The van der Waals surface area contributed by atoms with Gasteiger partial charge < -0.3 is 10.2 Å². The zero-order valence-corrected chi connectivity index (χ0v) is 14.8. The Morgan fingerprint density at radius 1 is 1.20 bits per heavy atom. The summed E-state index contributed by atoms with van der Waals surface area (Å²) >= 11 is 1.51. The van der Waals surface area contributed by atoms with Crippen LogP contribution in [-0.2, 0) is 0 Å². The topological polar surface area (TPSA) is 62.3 Å². The zero-order valence-electron chi connectivity index (χ0n) is 14.0. The maximum Gasteiger partial charge on any atom is 0.263 e. The Balaban J connectivity index is 1.27. The predicted octanol–water partition coefficient (Wildman–Crippen LogP) is 2.96. The van der Waals surface area contributed by atoms with Crippen molar-refractivity contribution in [3.8, 4) is 0 Å². The molecule has 1 saturated carbocycles. The molecule has 2 aromatic heterocycles. The van der Waals surface area contributed by atoms with Gasteiger partial charge in [-0.2, -0.15) is 0 Å². The molecule has 25 heavy (non-hydrogen) atoms. The molecule has 1 spiro atoms. The zero-order chi connectivity index (χ0) is 17.3. The van der Waals surface area contributed by atoms with Crippen LogP contribution in [0.2, 0.25) is 0 Å². The second-order valence-electron chi connectivity index (χ2n) is 7.09. The first-order valence-electron chi connectivity index (χ1n) is 8.69. The van der Waals surface area contributed by atoms with Crippen LogP contribution in [0.15, 0.2) is 42.0 Å². The minimum absolute atomic E-state index is 0.0433. The number of hydrogen-bond acceptors (Lipinski definition) is 4. The summed E-state index contributed by atoms with van der Waals surface area (Å²) in [5.74, 6) is 0.115. The number of carbonyl (C=O) groups is 2. The van der Waals surface area contributed by atoms with Crippen LogP contribution in [0.5, 0.6) is 0 Å². The molecule has 2 fully saturated rings. The van der Waals surface area contributed by atoms with Gasteiger partial charge in [0.05, 0.1) is 10.4 Å². The number of thiophene rings is 1. The first-order valence-corrected chi connectivity index (χ1v) is 9.57. The summed E-state index contributed by atoms with van der Waals surface area (Å²) < 4.78 is 0. The van der Waals surface area contributed by atoms with Crippen LogP contribution < -0.4 is 5.32 Å². The highest BCUT2D eigenvalue weighted by Crippen LogP contribution is 2.49. The third kappa shape index (κ3) is 3.31. The van der Waals surface area contributed by atoms with Gasteiger partial charge in [0.1, 0.15) is 0 Å². The second kappa shape index (κ2) is 6.59. The Morgan fingerprint density at radius 2 is 2.00 bits per heavy atom. The molecule has 5 nitrogen and oxygen atoms in total. The number of rotatable bonds is 3. The number of carbonyl (C=O) groups excluding carboxylic acids is 2. The Morgan fingerprint density at radius 3 is 2.64 bits per heavy atom. The van der Waals surface area contributed by atoms with Gasteiger partial charge >= 0.3 is 0 Å². The van der Waals surface area contributed by atoms with E-state index in [9.17, 15) is 9.59 Å². The third-order valence-electron chi connectivity index (χ3n) is 5.46. The van der Waals surface area contributed by atoms with E-state index in [2.05, 4.69) is 10.3 Å². The average molecular weight is 355 g/mol. The smallest absolute Gasteiger partial charge is 0.263 e. The standard InChI is InChI=1S/C19H21N3O2S/c23-17(14-3-1-7-20-13-14)21-15-11-19(12-15)5-8-22(9-6-19)18(24)16-4-2-10-25-16/h1-4,7,10,13,15H,5-6,8-9,11-12H2,(H,21,23). The van der Waals surface area contributed by atoms with Gasteiger partial charge in [-0.05, 0) is 54.7 Å². The molecule has 2 aromatic rings. The monoisotopic (exact) mass is 355 g/mol. The molecule has 3 heterocycles. The summed E-state index contributed by atoms with van der Waals surface area (Å²) in [6, 6.07) is 7.62. The van der Waals surface area contributed by atoms with Crippen molar-refractivity contribution in [1.82, 2.24) is 15.2 Å². The quantitative estimate of drug-likeness (QED) is 0.921. The lowest BCUT2D eigenvalue weighted by Crippen LogP contribution is -2.55. The molecule has 2 aliphatic rings. The van der Waals surface area contributed by atoms with Gasteiger partial charge in [-0.3, -0.25) is 14.6 Å². The van der Waals surface area contributed by atoms with Crippen LogP contribution in [-0.4, -0.2) is 40.8 Å².